The van der Waals surface area contributed by atoms with Crippen molar-refractivity contribution >= 4 is 49.3 Å². The highest BCUT2D eigenvalue weighted by atomic mass is 79.9. The van der Waals surface area contributed by atoms with E-state index in [2.05, 4.69) is 36.8 Å². The number of imidazole rings is 1. The van der Waals surface area contributed by atoms with Crippen LogP contribution in [-0.4, -0.2) is 37.8 Å². The van der Waals surface area contributed by atoms with Crippen LogP contribution >= 0.6 is 31.9 Å². The summed E-state index contributed by atoms with van der Waals surface area (Å²) >= 11 is 6.84. The third-order valence-corrected chi connectivity index (χ3v) is 6.22. The zero-order valence-electron chi connectivity index (χ0n) is 16.4. The molecule has 31 heavy (non-hydrogen) atoms. The SMILES string of the molecule is O=C1C(=O)N(CCCn2ccnc2)[C@@H](c2cccc(Br)c2)C1=C(O)c1ccc(Br)cc1. The van der Waals surface area contributed by atoms with Crippen LogP contribution in [-0.2, 0) is 16.1 Å². The van der Waals surface area contributed by atoms with Crippen molar-refractivity contribution in [1.82, 2.24) is 14.5 Å². The molecule has 1 amide bonds. The van der Waals surface area contributed by atoms with Gasteiger partial charge in [-0.15, -0.1) is 0 Å². The lowest BCUT2D eigenvalue weighted by atomic mass is 9.95. The molecule has 0 spiro atoms. The number of Topliss-reactive ketones (excluding diaryl/α,β-unsaturated/α-hetero) is 1. The number of likely N-dealkylation sites (tertiary alicyclic amines) is 1. The van der Waals surface area contributed by atoms with Crippen LogP contribution in [0.25, 0.3) is 5.76 Å². The van der Waals surface area contributed by atoms with Gasteiger partial charge < -0.3 is 14.6 Å². The monoisotopic (exact) mass is 543 g/mol. The maximum Gasteiger partial charge on any atom is 0.295 e. The van der Waals surface area contributed by atoms with Crippen molar-refractivity contribution < 1.29 is 14.7 Å². The molecule has 0 radical (unpaired) electrons. The Morgan fingerprint density at radius 1 is 1.03 bits per heavy atom. The number of carbonyl (C=O) groups is 2. The molecule has 1 N–H and O–H groups in total. The molecule has 1 fully saturated rings. The molecule has 0 aliphatic carbocycles. The molecular formula is C23H19Br2N3O3. The van der Waals surface area contributed by atoms with Crippen molar-refractivity contribution in [2.45, 2.75) is 19.0 Å². The first kappa shape index (κ1) is 21.5. The lowest BCUT2D eigenvalue weighted by Gasteiger charge is -2.25. The Bertz CT molecular complexity index is 1140. The Morgan fingerprint density at radius 3 is 2.48 bits per heavy atom. The van der Waals surface area contributed by atoms with E-state index < -0.39 is 17.7 Å². The molecule has 3 aromatic rings. The summed E-state index contributed by atoms with van der Waals surface area (Å²) in [6.45, 7) is 1.04. The van der Waals surface area contributed by atoms with E-state index in [1.165, 1.54) is 0 Å². The second kappa shape index (κ2) is 9.20. The van der Waals surface area contributed by atoms with E-state index in [1.54, 1.807) is 41.7 Å². The number of carbonyl (C=O) groups excluding carboxylic acids is 2. The fourth-order valence-corrected chi connectivity index (χ4v) is 4.42. The molecule has 2 aromatic carbocycles. The summed E-state index contributed by atoms with van der Waals surface area (Å²) < 4.78 is 3.61. The Hall–Kier alpha value is -2.71. The highest BCUT2D eigenvalue weighted by molar-refractivity contribution is 9.10. The van der Waals surface area contributed by atoms with Crippen LogP contribution in [0.4, 0.5) is 0 Å². The third-order valence-electron chi connectivity index (χ3n) is 5.20. The molecule has 1 saturated heterocycles. The largest absolute Gasteiger partial charge is 0.507 e. The number of ketones is 1. The quantitative estimate of drug-likeness (QED) is 0.271. The average Bonchev–Trinajstić information content (AvgIpc) is 3.36. The minimum absolute atomic E-state index is 0.105. The predicted molar refractivity (Wildman–Crippen MR) is 124 cm³/mol. The van der Waals surface area contributed by atoms with Gasteiger partial charge in [0.2, 0.25) is 0 Å². The maximum atomic E-state index is 13.0. The third kappa shape index (κ3) is 4.50. The molecule has 0 bridgehead atoms. The van der Waals surface area contributed by atoms with Crippen LogP contribution in [0.5, 0.6) is 0 Å². The van der Waals surface area contributed by atoms with Crippen molar-refractivity contribution in [3.8, 4) is 0 Å². The van der Waals surface area contributed by atoms with E-state index in [0.29, 0.717) is 25.1 Å². The van der Waals surface area contributed by atoms with Gasteiger partial charge in [-0.2, -0.15) is 0 Å². The second-order valence-corrected chi connectivity index (χ2v) is 9.04. The number of amides is 1. The Labute approximate surface area is 196 Å². The van der Waals surface area contributed by atoms with Crippen molar-refractivity contribution in [2.75, 3.05) is 6.54 Å². The molecule has 1 aromatic heterocycles. The van der Waals surface area contributed by atoms with Gasteiger partial charge >= 0.3 is 0 Å². The molecule has 0 saturated carbocycles. The van der Waals surface area contributed by atoms with Gasteiger partial charge in [-0.1, -0.05) is 56.1 Å². The molecular weight excluding hydrogens is 526 g/mol. The zero-order valence-corrected chi connectivity index (χ0v) is 19.6. The van der Waals surface area contributed by atoms with Gasteiger partial charge in [0.15, 0.2) is 0 Å². The second-order valence-electron chi connectivity index (χ2n) is 7.21. The molecule has 0 unspecified atom stereocenters. The smallest absolute Gasteiger partial charge is 0.295 e. The number of halogens is 2. The van der Waals surface area contributed by atoms with Gasteiger partial charge in [0, 0.05) is 40.0 Å². The minimum Gasteiger partial charge on any atom is -0.507 e. The Kier molecular flexibility index (Phi) is 6.38. The van der Waals surface area contributed by atoms with E-state index in [4.69, 9.17) is 0 Å². The highest BCUT2D eigenvalue weighted by Gasteiger charge is 2.45. The Morgan fingerprint density at radius 2 is 1.81 bits per heavy atom. The van der Waals surface area contributed by atoms with Gasteiger partial charge in [-0.25, -0.2) is 4.98 Å². The number of nitrogens with zero attached hydrogens (tertiary/aromatic N) is 3. The number of benzene rings is 2. The number of aryl methyl sites for hydroxylation is 1. The van der Waals surface area contributed by atoms with Gasteiger partial charge in [0.1, 0.15) is 5.76 Å². The average molecular weight is 545 g/mol. The van der Waals surface area contributed by atoms with Gasteiger partial charge in [0.05, 0.1) is 17.9 Å². The topological polar surface area (TPSA) is 75.4 Å². The number of hydrogen-bond acceptors (Lipinski definition) is 4. The molecule has 2 heterocycles. The minimum atomic E-state index is -0.673. The van der Waals surface area contributed by atoms with Crippen molar-refractivity contribution in [2.24, 2.45) is 0 Å². The van der Waals surface area contributed by atoms with Crippen molar-refractivity contribution in [1.29, 1.82) is 0 Å². The number of rotatable bonds is 6. The van der Waals surface area contributed by atoms with Gasteiger partial charge in [0.25, 0.3) is 11.7 Å². The Balaban J connectivity index is 1.73. The molecule has 1 aliphatic rings. The molecule has 8 heteroatoms. The molecule has 1 atom stereocenters. The van der Waals surface area contributed by atoms with E-state index in [9.17, 15) is 14.7 Å². The van der Waals surface area contributed by atoms with Crippen LogP contribution in [0.15, 0.2) is 81.8 Å². The van der Waals surface area contributed by atoms with E-state index in [-0.39, 0.29) is 11.3 Å². The summed E-state index contributed by atoms with van der Waals surface area (Å²) in [4.78, 5) is 31.5. The summed E-state index contributed by atoms with van der Waals surface area (Å²) in [5.41, 5.74) is 1.35. The van der Waals surface area contributed by atoms with Crippen LogP contribution in [0.2, 0.25) is 0 Å². The van der Waals surface area contributed by atoms with E-state index in [0.717, 1.165) is 14.5 Å². The fourth-order valence-electron chi connectivity index (χ4n) is 3.74. The molecule has 158 valence electrons. The number of aromatic nitrogens is 2. The summed E-state index contributed by atoms with van der Waals surface area (Å²) in [5, 5.41) is 11.0. The summed E-state index contributed by atoms with van der Waals surface area (Å²) in [7, 11) is 0. The standard InChI is InChI=1S/C23H19Br2N3O3/c24-17-7-5-15(6-8-17)21(29)19-20(16-3-1-4-18(25)13-16)28(23(31)22(19)30)11-2-10-27-12-9-26-14-27/h1,3-9,12-14,20,29H,2,10-11H2/t20-/m0/s1. The fraction of sp³-hybridized carbons (Fsp3) is 0.174. The summed E-state index contributed by atoms with van der Waals surface area (Å²) in [6, 6.07) is 13.8. The summed E-state index contributed by atoms with van der Waals surface area (Å²) in [6.07, 6.45) is 5.92. The number of aliphatic hydroxyl groups is 1. The first-order chi connectivity index (χ1) is 15.0. The predicted octanol–water partition coefficient (Wildman–Crippen LogP) is 4.92. The van der Waals surface area contributed by atoms with Crippen LogP contribution in [0.1, 0.15) is 23.6 Å². The van der Waals surface area contributed by atoms with E-state index in [1.807, 2.05) is 35.0 Å². The van der Waals surface area contributed by atoms with Gasteiger partial charge in [-0.05, 0) is 36.2 Å². The lowest BCUT2D eigenvalue weighted by molar-refractivity contribution is -0.139. The first-order valence-electron chi connectivity index (χ1n) is 9.71. The van der Waals surface area contributed by atoms with Crippen molar-refractivity contribution in [3.05, 3.63) is 92.9 Å². The van der Waals surface area contributed by atoms with Crippen LogP contribution in [0.3, 0.4) is 0 Å². The van der Waals surface area contributed by atoms with Crippen molar-refractivity contribution in [3.63, 3.8) is 0 Å². The zero-order chi connectivity index (χ0) is 22.0. The molecule has 1 aliphatic heterocycles. The highest BCUT2D eigenvalue weighted by Crippen LogP contribution is 2.40. The number of hydrogen-bond donors (Lipinski definition) is 1. The van der Waals surface area contributed by atoms with Crippen LogP contribution in [0, 0.1) is 0 Å². The van der Waals surface area contributed by atoms with Gasteiger partial charge in [-0.3, -0.25) is 9.59 Å². The maximum absolute atomic E-state index is 13.0. The molecule has 4 rings (SSSR count). The lowest BCUT2D eigenvalue weighted by Crippen LogP contribution is -2.31. The van der Waals surface area contributed by atoms with E-state index >= 15 is 0 Å². The van der Waals surface area contributed by atoms with Crippen LogP contribution < -0.4 is 0 Å². The number of aliphatic hydroxyl groups excluding tert-OH is 1. The molecule has 6 nitrogen and oxygen atoms in total. The normalized spacial score (nSPS) is 18.0. The summed E-state index contributed by atoms with van der Waals surface area (Å²) in [5.74, 6) is -1.45. The first-order valence-corrected chi connectivity index (χ1v) is 11.3.